The second kappa shape index (κ2) is 8.06. The first-order valence-electron chi connectivity index (χ1n) is 8.81. The Bertz CT molecular complexity index is 1120. The molecule has 1 heterocycles. The molecule has 0 spiro atoms. The zero-order chi connectivity index (χ0) is 19.3. The van der Waals surface area contributed by atoms with Gasteiger partial charge in [-0.1, -0.05) is 66.2 Å². The second-order valence-electron chi connectivity index (χ2n) is 6.26. The van der Waals surface area contributed by atoms with Crippen molar-refractivity contribution in [1.82, 2.24) is 10.2 Å². The monoisotopic (exact) mass is 388 g/mol. The number of carbonyl (C=O) groups is 1. The smallest absolute Gasteiger partial charge is 0.255 e. The first-order valence-corrected chi connectivity index (χ1v) is 9.18. The van der Waals surface area contributed by atoms with Crippen molar-refractivity contribution in [3.63, 3.8) is 0 Å². The summed E-state index contributed by atoms with van der Waals surface area (Å²) in [7, 11) is 0. The molecule has 4 aromatic rings. The van der Waals surface area contributed by atoms with Gasteiger partial charge in [0.05, 0.1) is 0 Å². The molecule has 0 saturated heterocycles. The number of amides is 1. The molecule has 6 heteroatoms. The summed E-state index contributed by atoms with van der Waals surface area (Å²) in [5, 5.41) is 16.2. The number of nitrogens with zero attached hydrogens (tertiary/aromatic N) is 2. The molecule has 0 aliphatic heterocycles. The van der Waals surface area contributed by atoms with Gasteiger partial charge in [0.2, 0.25) is 0 Å². The van der Waals surface area contributed by atoms with E-state index in [2.05, 4.69) is 20.8 Å². The van der Waals surface area contributed by atoms with Crippen LogP contribution >= 0.6 is 11.6 Å². The molecule has 1 aromatic heterocycles. The van der Waals surface area contributed by atoms with Gasteiger partial charge in [-0.3, -0.25) is 4.79 Å². The number of carbonyl (C=O) groups excluding carboxylic acids is 1. The average Bonchev–Trinajstić information content (AvgIpc) is 2.74. The van der Waals surface area contributed by atoms with Crippen LogP contribution in [0.4, 0.5) is 11.5 Å². The van der Waals surface area contributed by atoms with Crippen LogP contribution in [0, 0.1) is 0 Å². The quantitative estimate of drug-likeness (QED) is 0.496. The molecular formula is C22H17ClN4O. The number of benzene rings is 3. The molecule has 0 bridgehead atoms. The molecule has 138 valence electrons. The number of hydrogen-bond donors (Lipinski definition) is 2. The summed E-state index contributed by atoms with van der Waals surface area (Å²) < 4.78 is 0. The normalized spacial score (nSPS) is 10.6. The molecular weight excluding hydrogens is 372 g/mol. The van der Waals surface area contributed by atoms with Crippen molar-refractivity contribution in [2.45, 2.75) is 6.54 Å². The molecule has 0 aliphatic rings. The summed E-state index contributed by atoms with van der Waals surface area (Å²) >= 11 is 6.21. The van der Waals surface area contributed by atoms with E-state index in [1.807, 2.05) is 60.7 Å². The van der Waals surface area contributed by atoms with Crippen molar-refractivity contribution in [3.05, 3.63) is 95.1 Å². The molecule has 2 N–H and O–H groups in total. The Morgan fingerprint density at radius 2 is 1.57 bits per heavy atom. The van der Waals surface area contributed by atoms with Crippen molar-refractivity contribution in [2.24, 2.45) is 0 Å². The third-order valence-corrected chi connectivity index (χ3v) is 4.61. The van der Waals surface area contributed by atoms with E-state index < -0.39 is 0 Å². The number of fused-ring (bicyclic) bond motifs is 1. The molecule has 0 fully saturated rings. The molecule has 28 heavy (non-hydrogen) atoms. The number of nitrogens with one attached hydrogen (secondary N) is 2. The van der Waals surface area contributed by atoms with Crippen LogP contribution in [0.2, 0.25) is 5.15 Å². The predicted molar refractivity (Wildman–Crippen MR) is 113 cm³/mol. The Hall–Kier alpha value is -3.44. The van der Waals surface area contributed by atoms with Crippen LogP contribution in [0.25, 0.3) is 10.8 Å². The topological polar surface area (TPSA) is 66.9 Å². The van der Waals surface area contributed by atoms with Crippen LogP contribution in [0.15, 0.2) is 78.9 Å². The summed E-state index contributed by atoms with van der Waals surface area (Å²) in [5.74, 6) is 0.382. The number of halogens is 1. The maximum Gasteiger partial charge on any atom is 0.255 e. The van der Waals surface area contributed by atoms with Gasteiger partial charge in [-0.2, -0.15) is 0 Å². The lowest BCUT2D eigenvalue weighted by molar-refractivity contribution is 0.102. The van der Waals surface area contributed by atoms with Gasteiger partial charge in [0.25, 0.3) is 5.91 Å². The highest BCUT2D eigenvalue weighted by atomic mass is 35.5. The van der Waals surface area contributed by atoms with Crippen LogP contribution in [-0.2, 0) is 6.54 Å². The molecule has 1 amide bonds. The zero-order valence-electron chi connectivity index (χ0n) is 14.9. The van der Waals surface area contributed by atoms with E-state index in [0.717, 1.165) is 22.0 Å². The zero-order valence-corrected chi connectivity index (χ0v) is 15.6. The Labute approximate surface area is 167 Å². The molecule has 3 aromatic carbocycles. The van der Waals surface area contributed by atoms with E-state index in [4.69, 9.17) is 11.6 Å². The fourth-order valence-corrected chi connectivity index (χ4v) is 3.10. The molecule has 0 aliphatic carbocycles. The summed E-state index contributed by atoms with van der Waals surface area (Å²) in [6.45, 7) is 0.590. The standard InChI is InChI=1S/C22H17ClN4O/c23-20-18-12-11-16(22(28)25-17-9-5-2-6-10-17)13-19(18)21(27-26-20)24-14-15-7-3-1-4-8-15/h1-13H,14H2,(H,24,27)(H,25,28). The maximum atomic E-state index is 12.6. The highest BCUT2D eigenvalue weighted by Crippen LogP contribution is 2.27. The lowest BCUT2D eigenvalue weighted by Crippen LogP contribution is -2.12. The summed E-state index contributed by atoms with van der Waals surface area (Å²) in [4.78, 5) is 12.6. The molecule has 0 radical (unpaired) electrons. The molecule has 5 nitrogen and oxygen atoms in total. The van der Waals surface area contributed by atoms with Gasteiger partial charge < -0.3 is 10.6 Å². The molecule has 4 rings (SSSR count). The van der Waals surface area contributed by atoms with Gasteiger partial charge in [-0.15, -0.1) is 10.2 Å². The van der Waals surface area contributed by atoms with Crippen molar-refractivity contribution < 1.29 is 4.79 Å². The number of hydrogen-bond acceptors (Lipinski definition) is 4. The van der Waals surface area contributed by atoms with Gasteiger partial charge in [0.15, 0.2) is 11.0 Å². The van der Waals surface area contributed by atoms with E-state index in [1.165, 1.54) is 0 Å². The lowest BCUT2D eigenvalue weighted by atomic mass is 10.1. The van der Waals surface area contributed by atoms with Crippen LogP contribution in [0.5, 0.6) is 0 Å². The summed E-state index contributed by atoms with van der Waals surface area (Å²) in [6.07, 6.45) is 0. The van der Waals surface area contributed by atoms with Crippen molar-refractivity contribution >= 4 is 39.8 Å². The fourth-order valence-electron chi connectivity index (χ4n) is 2.90. The first-order chi connectivity index (χ1) is 13.7. The van der Waals surface area contributed by atoms with Crippen LogP contribution < -0.4 is 10.6 Å². The number of para-hydroxylation sites is 1. The van der Waals surface area contributed by atoms with Crippen LogP contribution in [0.1, 0.15) is 15.9 Å². The van der Waals surface area contributed by atoms with E-state index in [9.17, 15) is 4.79 Å². The highest BCUT2D eigenvalue weighted by molar-refractivity contribution is 6.34. The SMILES string of the molecule is O=C(Nc1ccccc1)c1ccc2c(Cl)nnc(NCc3ccccc3)c2c1. The largest absolute Gasteiger partial charge is 0.364 e. The minimum atomic E-state index is -0.199. The minimum Gasteiger partial charge on any atom is -0.364 e. The summed E-state index contributed by atoms with van der Waals surface area (Å²) in [5.41, 5.74) is 2.37. The summed E-state index contributed by atoms with van der Waals surface area (Å²) in [6, 6.07) is 24.6. The van der Waals surface area contributed by atoms with E-state index in [0.29, 0.717) is 23.1 Å². The fraction of sp³-hybridized carbons (Fsp3) is 0.0455. The third-order valence-electron chi connectivity index (χ3n) is 4.33. The number of aromatic nitrogens is 2. The number of rotatable bonds is 5. The maximum absolute atomic E-state index is 12.6. The Morgan fingerprint density at radius 3 is 2.32 bits per heavy atom. The Morgan fingerprint density at radius 1 is 0.857 bits per heavy atom. The van der Waals surface area contributed by atoms with E-state index in [1.54, 1.807) is 18.2 Å². The Balaban J connectivity index is 1.64. The van der Waals surface area contributed by atoms with Crippen molar-refractivity contribution in [1.29, 1.82) is 0 Å². The van der Waals surface area contributed by atoms with Gasteiger partial charge in [-0.05, 0) is 29.8 Å². The molecule has 0 atom stereocenters. The molecule has 0 unspecified atom stereocenters. The van der Waals surface area contributed by atoms with Gasteiger partial charge in [0.1, 0.15) is 0 Å². The van der Waals surface area contributed by atoms with Crippen LogP contribution in [0.3, 0.4) is 0 Å². The van der Waals surface area contributed by atoms with E-state index in [-0.39, 0.29) is 5.91 Å². The van der Waals surface area contributed by atoms with Gasteiger partial charge >= 0.3 is 0 Å². The van der Waals surface area contributed by atoms with Gasteiger partial charge in [0, 0.05) is 28.6 Å². The van der Waals surface area contributed by atoms with E-state index >= 15 is 0 Å². The van der Waals surface area contributed by atoms with Crippen molar-refractivity contribution in [2.75, 3.05) is 10.6 Å². The first kappa shape index (κ1) is 17.9. The third kappa shape index (κ3) is 3.94. The minimum absolute atomic E-state index is 0.199. The Kier molecular flexibility index (Phi) is 5.17. The molecule has 0 saturated carbocycles. The predicted octanol–water partition coefficient (Wildman–Crippen LogP) is 5.15. The highest BCUT2D eigenvalue weighted by Gasteiger charge is 2.12. The van der Waals surface area contributed by atoms with Crippen LogP contribution in [-0.4, -0.2) is 16.1 Å². The second-order valence-corrected chi connectivity index (χ2v) is 6.62. The van der Waals surface area contributed by atoms with Gasteiger partial charge in [-0.25, -0.2) is 0 Å². The number of anilines is 2. The average molecular weight is 389 g/mol. The lowest BCUT2D eigenvalue weighted by Gasteiger charge is -2.11. The van der Waals surface area contributed by atoms with Crippen molar-refractivity contribution in [3.8, 4) is 0 Å².